The van der Waals surface area contributed by atoms with E-state index >= 15 is 0 Å². The maximum Gasteiger partial charge on any atom is 0.188 e. The standard InChI is InChI=1S/C21H23N5O3S.2ClH/c1-14(13-27-2)29-16-11-17-19(25-26-20(17)24-21-23-8-10-30-21)18(12-16)28-9-6-15-5-3-4-7-22-15;;/h3-5,7-8,10-12,14H,6,9,13H2,1-2H3,(H2,23,24,25,26);2*1H/t14-;;/m0../s1. The molecule has 0 unspecified atom stereocenters. The Morgan fingerprint density at radius 3 is 2.75 bits per heavy atom. The second-order valence-corrected chi connectivity index (χ2v) is 7.58. The first-order valence-corrected chi connectivity index (χ1v) is 10.5. The molecule has 0 amide bonds. The number of fused-ring (bicyclic) bond motifs is 1. The highest BCUT2D eigenvalue weighted by Crippen LogP contribution is 2.35. The predicted molar refractivity (Wildman–Crippen MR) is 131 cm³/mol. The van der Waals surface area contributed by atoms with Crippen LogP contribution in [0.3, 0.4) is 0 Å². The van der Waals surface area contributed by atoms with Gasteiger partial charge in [-0.1, -0.05) is 6.07 Å². The highest BCUT2D eigenvalue weighted by molar-refractivity contribution is 7.13. The summed E-state index contributed by atoms with van der Waals surface area (Å²) in [5.41, 5.74) is 1.77. The molecule has 1 atom stereocenters. The summed E-state index contributed by atoms with van der Waals surface area (Å²) in [6.07, 6.45) is 4.13. The minimum absolute atomic E-state index is 0. The SMILES string of the molecule is COC[C@H](C)Oc1cc(OCCc2ccccn2)c2[nH]nc(Nc3nccs3)c2c1.Cl.Cl. The molecule has 0 aliphatic heterocycles. The van der Waals surface area contributed by atoms with Crippen molar-refractivity contribution in [2.24, 2.45) is 0 Å². The molecule has 0 saturated carbocycles. The van der Waals surface area contributed by atoms with E-state index in [1.807, 2.05) is 42.6 Å². The predicted octanol–water partition coefficient (Wildman–Crippen LogP) is 5.04. The number of anilines is 2. The number of hydrogen-bond donors (Lipinski definition) is 2. The number of nitrogens with one attached hydrogen (secondary N) is 2. The van der Waals surface area contributed by atoms with Crippen molar-refractivity contribution in [2.75, 3.05) is 25.6 Å². The number of H-pyrrole nitrogens is 1. The molecule has 32 heavy (non-hydrogen) atoms. The first-order valence-electron chi connectivity index (χ1n) is 9.60. The minimum atomic E-state index is -0.101. The second-order valence-electron chi connectivity index (χ2n) is 6.68. The zero-order valence-corrected chi connectivity index (χ0v) is 20.1. The fourth-order valence-corrected chi connectivity index (χ4v) is 3.57. The number of rotatable bonds is 10. The Kier molecular flexibility index (Phi) is 9.98. The molecular weight excluding hydrogens is 473 g/mol. The number of aromatic nitrogens is 4. The van der Waals surface area contributed by atoms with Gasteiger partial charge in [-0.15, -0.1) is 36.2 Å². The molecule has 0 aliphatic carbocycles. The Balaban J connectivity index is 0.00000181. The molecule has 4 aromatic rings. The van der Waals surface area contributed by atoms with E-state index in [0.717, 1.165) is 21.7 Å². The van der Waals surface area contributed by atoms with Crippen LogP contribution in [0.5, 0.6) is 11.5 Å². The van der Waals surface area contributed by atoms with Crippen LogP contribution in [0.2, 0.25) is 0 Å². The quantitative estimate of drug-likeness (QED) is 0.317. The topological polar surface area (TPSA) is 94.2 Å². The highest BCUT2D eigenvalue weighted by Gasteiger charge is 2.16. The Morgan fingerprint density at radius 1 is 1.16 bits per heavy atom. The van der Waals surface area contributed by atoms with Crippen LogP contribution < -0.4 is 14.8 Å². The number of pyridine rings is 1. The van der Waals surface area contributed by atoms with Crippen molar-refractivity contribution in [3.8, 4) is 11.5 Å². The van der Waals surface area contributed by atoms with Crippen molar-refractivity contribution in [3.05, 3.63) is 53.8 Å². The van der Waals surface area contributed by atoms with Gasteiger partial charge < -0.3 is 19.5 Å². The average Bonchev–Trinajstić information content (AvgIpc) is 3.40. The summed E-state index contributed by atoms with van der Waals surface area (Å²) in [4.78, 5) is 8.61. The Hall–Kier alpha value is -2.59. The van der Waals surface area contributed by atoms with Crippen molar-refractivity contribution in [2.45, 2.75) is 19.4 Å². The third-order valence-electron chi connectivity index (χ3n) is 4.35. The van der Waals surface area contributed by atoms with Crippen molar-refractivity contribution in [1.82, 2.24) is 20.2 Å². The fourth-order valence-electron chi connectivity index (χ4n) is 3.04. The zero-order chi connectivity index (χ0) is 20.8. The van der Waals surface area contributed by atoms with Gasteiger partial charge in [-0.2, -0.15) is 5.10 Å². The molecule has 2 N–H and O–H groups in total. The van der Waals surface area contributed by atoms with E-state index in [1.165, 1.54) is 11.3 Å². The van der Waals surface area contributed by atoms with Crippen molar-refractivity contribution in [1.29, 1.82) is 0 Å². The normalized spacial score (nSPS) is 11.3. The van der Waals surface area contributed by atoms with Gasteiger partial charge in [0.05, 0.1) is 18.6 Å². The number of halogens is 2. The van der Waals surface area contributed by atoms with Gasteiger partial charge in [0, 0.05) is 43.1 Å². The van der Waals surface area contributed by atoms with Gasteiger partial charge >= 0.3 is 0 Å². The minimum Gasteiger partial charge on any atom is -0.491 e. The fraction of sp³-hybridized carbons (Fsp3) is 0.286. The second kappa shape index (κ2) is 12.4. The van der Waals surface area contributed by atoms with Crippen LogP contribution in [0.4, 0.5) is 10.9 Å². The lowest BCUT2D eigenvalue weighted by Crippen LogP contribution is -2.18. The Morgan fingerprint density at radius 2 is 2.03 bits per heavy atom. The third-order valence-corrected chi connectivity index (χ3v) is 5.04. The maximum atomic E-state index is 6.09. The van der Waals surface area contributed by atoms with Crippen LogP contribution >= 0.6 is 36.2 Å². The number of aromatic amines is 1. The van der Waals surface area contributed by atoms with E-state index in [0.29, 0.717) is 37.0 Å². The largest absolute Gasteiger partial charge is 0.491 e. The molecule has 8 nitrogen and oxygen atoms in total. The number of nitrogens with zero attached hydrogens (tertiary/aromatic N) is 3. The van der Waals surface area contributed by atoms with E-state index in [-0.39, 0.29) is 30.9 Å². The van der Waals surface area contributed by atoms with E-state index in [9.17, 15) is 0 Å². The van der Waals surface area contributed by atoms with Crippen LogP contribution in [0.15, 0.2) is 48.1 Å². The summed E-state index contributed by atoms with van der Waals surface area (Å²) in [5, 5.41) is 14.3. The van der Waals surface area contributed by atoms with Gasteiger partial charge in [0.1, 0.15) is 23.1 Å². The maximum absolute atomic E-state index is 6.09. The molecule has 0 radical (unpaired) electrons. The van der Waals surface area contributed by atoms with Crippen molar-refractivity contribution < 1.29 is 14.2 Å². The first-order chi connectivity index (χ1) is 14.7. The summed E-state index contributed by atoms with van der Waals surface area (Å²) in [6.45, 7) is 2.93. The van der Waals surface area contributed by atoms with Crippen molar-refractivity contribution >= 4 is 58.0 Å². The molecule has 172 valence electrons. The third kappa shape index (κ3) is 6.46. The number of methoxy groups -OCH3 is 1. The van der Waals surface area contributed by atoms with Gasteiger partial charge in [-0.25, -0.2) is 4.98 Å². The summed E-state index contributed by atoms with van der Waals surface area (Å²) in [6, 6.07) is 9.66. The number of ether oxygens (including phenoxy) is 3. The molecule has 0 spiro atoms. The number of benzene rings is 1. The smallest absolute Gasteiger partial charge is 0.188 e. The average molecular weight is 498 g/mol. The van der Waals surface area contributed by atoms with Crippen LogP contribution in [-0.4, -0.2) is 46.6 Å². The molecule has 3 aromatic heterocycles. The van der Waals surface area contributed by atoms with Crippen LogP contribution in [0.1, 0.15) is 12.6 Å². The molecule has 0 saturated heterocycles. The first kappa shape index (κ1) is 25.7. The van der Waals surface area contributed by atoms with Gasteiger partial charge in [0.15, 0.2) is 10.9 Å². The van der Waals surface area contributed by atoms with E-state index in [4.69, 9.17) is 14.2 Å². The molecule has 1 aromatic carbocycles. The van der Waals surface area contributed by atoms with Gasteiger partial charge in [-0.05, 0) is 25.1 Å². The van der Waals surface area contributed by atoms with E-state index in [2.05, 4.69) is 25.5 Å². The number of thiazole rings is 1. The van der Waals surface area contributed by atoms with Crippen LogP contribution in [-0.2, 0) is 11.2 Å². The van der Waals surface area contributed by atoms with Crippen LogP contribution in [0.25, 0.3) is 10.9 Å². The lowest BCUT2D eigenvalue weighted by atomic mass is 10.2. The summed E-state index contributed by atoms with van der Waals surface area (Å²) in [5.74, 6) is 2.02. The Labute approximate surface area is 202 Å². The van der Waals surface area contributed by atoms with Gasteiger partial charge in [0.25, 0.3) is 0 Å². The lowest BCUT2D eigenvalue weighted by Gasteiger charge is -2.15. The van der Waals surface area contributed by atoms with Gasteiger partial charge in [0.2, 0.25) is 0 Å². The zero-order valence-electron chi connectivity index (χ0n) is 17.6. The summed E-state index contributed by atoms with van der Waals surface area (Å²) < 4.78 is 17.3. The highest BCUT2D eigenvalue weighted by atomic mass is 35.5. The molecule has 3 heterocycles. The molecule has 0 bridgehead atoms. The van der Waals surface area contributed by atoms with Crippen LogP contribution in [0, 0.1) is 0 Å². The summed E-state index contributed by atoms with van der Waals surface area (Å²) in [7, 11) is 1.65. The van der Waals surface area contributed by atoms with E-state index < -0.39 is 0 Å². The van der Waals surface area contributed by atoms with E-state index in [1.54, 1.807) is 19.5 Å². The molecule has 0 fully saturated rings. The lowest BCUT2D eigenvalue weighted by molar-refractivity contribution is 0.0920. The molecular formula is C21H25Cl2N5O3S. The monoisotopic (exact) mass is 497 g/mol. The summed E-state index contributed by atoms with van der Waals surface area (Å²) >= 11 is 1.50. The Bertz CT molecular complexity index is 1080. The molecule has 4 rings (SSSR count). The number of hydrogen-bond acceptors (Lipinski definition) is 8. The molecule has 0 aliphatic rings. The van der Waals surface area contributed by atoms with Crippen molar-refractivity contribution in [3.63, 3.8) is 0 Å². The van der Waals surface area contributed by atoms with Gasteiger partial charge in [-0.3, -0.25) is 10.1 Å². The molecule has 11 heteroatoms.